The lowest BCUT2D eigenvalue weighted by molar-refractivity contribution is 0.288. The maximum atomic E-state index is 12.5. The van der Waals surface area contributed by atoms with E-state index in [4.69, 9.17) is 32.7 Å². The van der Waals surface area contributed by atoms with E-state index in [2.05, 4.69) is 4.72 Å². The fraction of sp³-hybridized carbons (Fsp3) is 0.250. The van der Waals surface area contributed by atoms with E-state index in [1.54, 1.807) is 18.2 Å². The number of sulfonamides is 1. The van der Waals surface area contributed by atoms with E-state index in [9.17, 15) is 8.42 Å². The molecule has 5 nitrogen and oxygen atoms in total. The van der Waals surface area contributed by atoms with Crippen molar-refractivity contribution >= 4 is 38.9 Å². The number of ether oxygens (including phenoxy) is 2. The van der Waals surface area contributed by atoms with E-state index >= 15 is 0 Å². The molecule has 8 heteroatoms. The molecule has 0 aliphatic rings. The van der Waals surface area contributed by atoms with Crippen molar-refractivity contribution in [2.75, 3.05) is 17.9 Å². The summed E-state index contributed by atoms with van der Waals surface area (Å²) in [5, 5.41) is 0.365. The van der Waals surface area contributed by atoms with E-state index in [0.29, 0.717) is 30.4 Å². The largest absolute Gasteiger partial charge is 0.490 e. The number of anilines is 1. The summed E-state index contributed by atoms with van der Waals surface area (Å²) in [5.41, 5.74) is 0.331. The molecule has 130 valence electrons. The third-order valence-corrected chi connectivity index (χ3v) is 5.08. The molecule has 2 rings (SSSR count). The van der Waals surface area contributed by atoms with Gasteiger partial charge in [-0.2, -0.15) is 0 Å². The molecule has 0 saturated carbocycles. The summed E-state index contributed by atoms with van der Waals surface area (Å²) in [4.78, 5) is -0.0940. The lowest BCUT2D eigenvalue weighted by Gasteiger charge is -2.14. The van der Waals surface area contributed by atoms with E-state index in [0.717, 1.165) is 0 Å². The van der Waals surface area contributed by atoms with Gasteiger partial charge in [0.1, 0.15) is 4.90 Å². The molecule has 0 saturated heterocycles. The number of halogens is 2. The molecule has 2 aromatic carbocycles. The van der Waals surface area contributed by atoms with Crippen molar-refractivity contribution in [3.05, 3.63) is 46.4 Å². The van der Waals surface area contributed by atoms with Crippen molar-refractivity contribution in [3.63, 3.8) is 0 Å². The topological polar surface area (TPSA) is 64.6 Å². The van der Waals surface area contributed by atoms with E-state index in [1.807, 2.05) is 13.8 Å². The normalized spacial score (nSPS) is 11.2. The van der Waals surface area contributed by atoms with Crippen molar-refractivity contribution in [2.45, 2.75) is 18.7 Å². The van der Waals surface area contributed by atoms with Crippen LogP contribution in [0.1, 0.15) is 13.8 Å². The van der Waals surface area contributed by atoms with Crippen LogP contribution in [0, 0.1) is 0 Å². The zero-order valence-electron chi connectivity index (χ0n) is 13.2. The molecular weight excluding hydrogens is 373 g/mol. The quantitative estimate of drug-likeness (QED) is 0.751. The Hall–Kier alpha value is -1.63. The fourth-order valence-electron chi connectivity index (χ4n) is 2.01. The molecule has 0 aromatic heterocycles. The monoisotopic (exact) mass is 389 g/mol. The molecule has 0 fully saturated rings. The Labute approximate surface area is 151 Å². The first-order chi connectivity index (χ1) is 11.4. The van der Waals surface area contributed by atoms with Gasteiger partial charge in [0.25, 0.3) is 10.0 Å². The first-order valence-corrected chi connectivity index (χ1v) is 9.48. The van der Waals surface area contributed by atoms with Gasteiger partial charge in [-0.05, 0) is 44.2 Å². The van der Waals surface area contributed by atoms with E-state index in [1.165, 1.54) is 18.2 Å². The molecular formula is C16H17Cl2NO4S. The van der Waals surface area contributed by atoms with Gasteiger partial charge in [-0.1, -0.05) is 23.2 Å². The molecule has 0 aliphatic heterocycles. The molecule has 0 amide bonds. The Morgan fingerprint density at radius 2 is 1.62 bits per heavy atom. The number of nitrogens with one attached hydrogen (secondary N) is 1. The zero-order chi connectivity index (χ0) is 17.7. The smallest absolute Gasteiger partial charge is 0.263 e. The number of hydrogen-bond acceptors (Lipinski definition) is 4. The zero-order valence-corrected chi connectivity index (χ0v) is 15.5. The summed E-state index contributed by atoms with van der Waals surface area (Å²) in [5.74, 6) is 1.000. The number of rotatable bonds is 7. The average Bonchev–Trinajstić information content (AvgIpc) is 2.52. The highest BCUT2D eigenvalue weighted by molar-refractivity contribution is 7.92. The first-order valence-electron chi connectivity index (χ1n) is 7.25. The van der Waals surface area contributed by atoms with Crippen LogP contribution >= 0.6 is 23.2 Å². The van der Waals surface area contributed by atoms with Gasteiger partial charge in [0.2, 0.25) is 0 Å². The van der Waals surface area contributed by atoms with Crippen LogP contribution in [0.25, 0.3) is 0 Å². The van der Waals surface area contributed by atoms with Crippen LogP contribution in [-0.2, 0) is 10.0 Å². The van der Waals surface area contributed by atoms with E-state index in [-0.39, 0.29) is 14.9 Å². The lowest BCUT2D eigenvalue weighted by Crippen LogP contribution is -2.13. The minimum absolute atomic E-state index is 0.0860. The van der Waals surface area contributed by atoms with Crippen molar-refractivity contribution < 1.29 is 17.9 Å². The Morgan fingerprint density at radius 1 is 0.958 bits per heavy atom. The van der Waals surface area contributed by atoms with Crippen LogP contribution in [0.5, 0.6) is 11.5 Å². The Bertz CT molecular complexity index is 825. The van der Waals surface area contributed by atoms with Crippen LogP contribution in [0.2, 0.25) is 10.0 Å². The summed E-state index contributed by atoms with van der Waals surface area (Å²) >= 11 is 11.8. The molecule has 0 aliphatic carbocycles. The number of hydrogen-bond donors (Lipinski definition) is 1. The minimum atomic E-state index is -3.89. The van der Waals surface area contributed by atoms with Crippen molar-refractivity contribution in [1.82, 2.24) is 0 Å². The Balaban J connectivity index is 2.35. The lowest BCUT2D eigenvalue weighted by atomic mass is 10.3. The summed E-state index contributed by atoms with van der Waals surface area (Å²) < 4.78 is 38.5. The molecule has 1 N–H and O–H groups in total. The predicted octanol–water partition coefficient (Wildman–Crippen LogP) is 4.59. The third-order valence-electron chi connectivity index (χ3n) is 2.98. The molecule has 0 spiro atoms. The third kappa shape index (κ3) is 4.47. The van der Waals surface area contributed by atoms with Gasteiger partial charge in [0, 0.05) is 11.1 Å². The Morgan fingerprint density at radius 3 is 2.29 bits per heavy atom. The van der Waals surface area contributed by atoms with Gasteiger partial charge >= 0.3 is 0 Å². The summed E-state index contributed by atoms with van der Waals surface area (Å²) in [7, 11) is -3.89. The van der Waals surface area contributed by atoms with Gasteiger partial charge in [-0.15, -0.1) is 0 Å². The summed E-state index contributed by atoms with van der Waals surface area (Å²) in [6, 6.07) is 9.04. The molecule has 24 heavy (non-hydrogen) atoms. The van der Waals surface area contributed by atoms with Crippen LogP contribution in [0.4, 0.5) is 5.69 Å². The van der Waals surface area contributed by atoms with Crippen LogP contribution in [0.15, 0.2) is 41.3 Å². The second kappa shape index (κ2) is 7.96. The number of benzene rings is 2. The van der Waals surface area contributed by atoms with E-state index < -0.39 is 10.0 Å². The molecule has 0 heterocycles. The minimum Gasteiger partial charge on any atom is -0.490 e. The highest BCUT2D eigenvalue weighted by atomic mass is 35.5. The standard InChI is InChI=1S/C16H17Cl2NO4S/c1-3-22-14-8-6-12(10-15(14)23-4-2)19-24(20,21)16-9-11(17)5-7-13(16)18/h5-10,19H,3-4H2,1-2H3. The molecule has 0 bridgehead atoms. The van der Waals surface area contributed by atoms with Crippen molar-refractivity contribution in [3.8, 4) is 11.5 Å². The maximum Gasteiger partial charge on any atom is 0.263 e. The molecule has 0 radical (unpaired) electrons. The summed E-state index contributed by atoms with van der Waals surface area (Å²) in [6.45, 7) is 4.59. The van der Waals surface area contributed by atoms with Crippen LogP contribution in [-0.4, -0.2) is 21.6 Å². The highest BCUT2D eigenvalue weighted by Crippen LogP contribution is 2.32. The van der Waals surface area contributed by atoms with Gasteiger partial charge < -0.3 is 9.47 Å². The molecule has 0 unspecified atom stereocenters. The van der Waals surface area contributed by atoms with Crippen LogP contribution < -0.4 is 14.2 Å². The second-order valence-corrected chi connectivity index (χ2v) is 7.20. The second-order valence-electron chi connectivity index (χ2n) is 4.71. The fourth-order valence-corrected chi connectivity index (χ4v) is 3.82. The van der Waals surface area contributed by atoms with Crippen molar-refractivity contribution in [1.29, 1.82) is 0 Å². The average molecular weight is 390 g/mol. The summed E-state index contributed by atoms with van der Waals surface area (Å²) in [6.07, 6.45) is 0. The van der Waals surface area contributed by atoms with Crippen molar-refractivity contribution in [2.24, 2.45) is 0 Å². The maximum absolute atomic E-state index is 12.5. The molecule has 0 atom stereocenters. The van der Waals surface area contributed by atoms with Gasteiger partial charge in [-0.3, -0.25) is 4.72 Å². The van der Waals surface area contributed by atoms with Crippen LogP contribution in [0.3, 0.4) is 0 Å². The molecule has 2 aromatic rings. The first kappa shape index (κ1) is 18.7. The van der Waals surface area contributed by atoms with Gasteiger partial charge in [0.15, 0.2) is 11.5 Å². The predicted molar refractivity (Wildman–Crippen MR) is 96.1 cm³/mol. The van der Waals surface area contributed by atoms with Gasteiger partial charge in [-0.25, -0.2) is 8.42 Å². The highest BCUT2D eigenvalue weighted by Gasteiger charge is 2.19. The SMILES string of the molecule is CCOc1ccc(NS(=O)(=O)c2cc(Cl)ccc2Cl)cc1OCC. The van der Waals surface area contributed by atoms with Gasteiger partial charge in [0.05, 0.1) is 23.9 Å². The Kier molecular flexibility index (Phi) is 6.21.